The van der Waals surface area contributed by atoms with Crippen LogP contribution >= 0.6 is 23.2 Å². The lowest BCUT2D eigenvalue weighted by atomic mass is 10.4. The summed E-state index contributed by atoms with van der Waals surface area (Å²) in [5, 5.41) is 0.510. The van der Waals surface area contributed by atoms with Crippen molar-refractivity contribution in [3.05, 3.63) is 35.0 Å². The molecule has 0 fully saturated rings. The lowest BCUT2D eigenvalue weighted by Gasteiger charge is -2.06. The second-order valence-electron chi connectivity index (χ2n) is 2.84. The standard InChI is InChI=1S/C9H6Cl2N4O/c10-5-1-6(3-13-2-5)16-8-7(12)4-14-9(11)15-8/h1-4H,12H2. The van der Waals surface area contributed by atoms with E-state index in [-0.39, 0.29) is 16.9 Å². The van der Waals surface area contributed by atoms with Crippen molar-refractivity contribution >= 4 is 28.9 Å². The van der Waals surface area contributed by atoms with Crippen molar-refractivity contribution < 1.29 is 4.74 Å². The Hall–Kier alpha value is -1.59. The van der Waals surface area contributed by atoms with Gasteiger partial charge in [0.15, 0.2) is 0 Å². The highest BCUT2D eigenvalue weighted by Gasteiger charge is 2.06. The molecule has 0 spiro atoms. The van der Waals surface area contributed by atoms with Crippen LogP contribution in [0.15, 0.2) is 24.7 Å². The van der Waals surface area contributed by atoms with Crippen LogP contribution in [0.25, 0.3) is 0 Å². The number of halogens is 2. The van der Waals surface area contributed by atoms with Gasteiger partial charge in [0.05, 0.1) is 17.4 Å². The molecule has 2 rings (SSSR count). The van der Waals surface area contributed by atoms with Gasteiger partial charge in [0.25, 0.3) is 0 Å². The molecule has 0 aromatic carbocycles. The number of aromatic nitrogens is 3. The van der Waals surface area contributed by atoms with Crippen molar-refractivity contribution in [1.29, 1.82) is 0 Å². The Morgan fingerprint density at radius 2 is 2.00 bits per heavy atom. The van der Waals surface area contributed by atoms with E-state index in [1.165, 1.54) is 18.6 Å². The van der Waals surface area contributed by atoms with E-state index in [9.17, 15) is 0 Å². The van der Waals surface area contributed by atoms with Crippen LogP contribution in [0.2, 0.25) is 10.3 Å². The van der Waals surface area contributed by atoms with Gasteiger partial charge >= 0.3 is 0 Å². The Labute approximate surface area is 101 Å². The first-order valence-electron chi connectivity index (χ1n) is 4.21. The van der Waals surface area contributed by atoms with Gasteiger partial charge in [-0.25, -0.2) is 4.98 Å². The van der Waals surface area contributed by atoms with E-state index in [1.54, 1.807) is 6.07 Å². The zero-order valence-corrected chi connectivity index (χ0v) is 9.40. The monoisotopic (exact) mass is 256 g/mol. The molecule has 0 amide bonds. The average molecular weight is 257 g/mol. The summed E-state index contributed by atoms with van der Waals surface area (Å²) in [4.78, 5) is 11.4. The van der Waals surface area contributed by atoms with Crippen LogP contribution in [-0.4, -0.2) is 15.0 Å². The topological polar surface area (TPSA) is 73.9 Å². The third kappa shape index (κ3) is 2.50. The van der Waals surface area contributed by atoms with Gasteiger partial charge in [-0.3, -0.25) is 4.98 Å². The first kappa shape index (κ1) is 10.9. The number of nitrogens with two attached hydrogens (primary N) is 1. The number of nitrogens with zero attached hydrogens (tertiary/aromatic N) is 3. The molecule has 2 heterocycles. The van der Waals surface area contributed by atoms with Gasteiger partial charge in [-0.05, 0) is 11.6 Å². The molecule has 2 aromatic rings. The molecular formula is C9H6Cl2N4O. The molecule has 0 aliphatic heterocycles. The molecule has 0 radical (unpaired) electrons. The quantitative estimate of drug-likeness (QED) is 0.837. The van der Waals surface area contributed by atoms with Crippen molar-refractivity contribution in [2.75, 3.05) is 5.73 Å². The molecule has 0 saturated carbocycles. The van der Waals surface area contributed by atoms with Crippen molar-refractivity contribution in [3.63, 3.8) is 0 Å². The molecular weight excluding hydrogens is 251 g/mol. The van der Waals surface area contributed by atoms with Crippen LogP contribution in [0, 0.1) is 0 Å². The van der Waals surface area contributed by atoms with Crippen LogP contribution < -0.4 is 10.5 Å². The van der Waals surface area contributed by atoms with Crippen LogP contribution in [0.4, 0.5) is 5.69 Å². The summed E-state index contributed by atoms with van der Waals surface area (Å²) in [6.07, 6.45) is 4.34. The first-order valence-corrected chi connectivity index (χ1v) is 4.97. The second kappa shape index (κ2) is 4.51. The van der Waals surface area contributed by atoms with Crippen molar-refractivity contribution in [1.82, 2.24) is 15.0 Å². The number of pyridine rings is 1. The number of hydrogen-bond donors (Lipinski definition) is 1. The highest BCUT2D eigenvalue weighted by atomic mass is 35.5. The molecule has 0 unspecified atom stereocenters. The third-order valence-corrected chi connectivity index (χ3v) is 2.03. The predicted octanol–water partition coefficient (Wildman–Crippen LogP) is 2.55. The van der Waals surface area contributed by atoms with E-state index < -0.39 is 0 Å². The van der Waals surface area contributed by atoms with Gasteiger partial charge in [-0.1, -0.05) is 11.6 Å². The van der Waals surface area contributed by atoms with Crippen LogP contribution in [0.1, 0.15) is 0 Å². The second-order valence-corrected chi connectivity index (χ2v) is 3.61. The van der Waals surface area contributed by atoms with Crippen LogP contribution in [0.5, 0.6) is 11.6 Å². The van der Waals surface area contributed by atoms with E-state index in [0.29, 0.717) is 10.8 Å². The molecule has 0 bridgehead atoms. The van der Waals surface area contributed by atoms with Crippen LogP contribution in [0.3, 0.4) is 0 Å². The van der Waals surface area contributed by atoms with E-state index in [1.807, 2.05) is 0 Å². The smallest absolute Gasteiger partial charge is 0.247 e. The third-order valence-electron chi connectivity index (χ3n) is 1.65. The van der Waals surface area contributed by atoms with Crippen LogP contribution in [-0.2, 0) is 0 Å². The molecule has 0 saturated heterocycles. The minimum atomic E-state index is 0.0548. The van der Waals surface area contributed by atoms with Gasteiger partial charge in [0, 0.05) is 12.3 Å². The molecule has 82 valence electrons. The molecule has 5 nitrogen and oxygen atoms in total. The van der Waals surface area contributed by atoms with Gasteiger partial charge in [0.1, 0.15) is 11.4 Å². The maximum absolute atomic E-state index is 5.75. The number of rotatable bonds is 2. The summed E-state index contributed by atoms with van der Waals surface area (Å²) < 4.78 is 5.36. The Bertz CT molecular complexity index is 521. The fourth-order valence-corrected chi connectivity index (χ4v) is 1.29. The minimum Gasteiger partial charge on any atom is -0.435 e. The summed E-state index contributed by atoms with van der Waals surface area (Å²) in [7, 11) is 0. The number of ether oxygens (including phenoxy) is 1. The largest absolute Gasteiger partial charge is 0.435 e. The summed E-state index contributed by atoms with van der Waals surface area (Å²) in [6, 6.07) is 1.59. The Balaban J connectivity index is 2.30. The summed E-state index contributed by atoms with van der Waals surface area (Å²) in [5.41, 5.74) is 5.90. The van der Waals surface area contributed by atoms with E-state index in [0.717, 1.165) is 0 Å². The Kier molecular flexibility index (Phi) is 3.07. The minimum absolute atomic E-state index is 0.0548. The van der Waals surface area contributed by atoms with E-state index >= 15 is 0 Å². The Morgan fingerprint density at radius 3 is 2.75 bits per heavy atom. The van der Waals surface area contributed by atoms with Gasteiger partial charge in [-0.15, -0.1) is 0 Å². The Morgan fingerprint density at radius 1 is 1.19 bits per heavy atom. The lowest BCUT2D eigenvalue weighted by molar-refractivity contribution is 0.462. The number of nitrogen functional groups attached to an aromatic ring is 1. The molecule has 0 atom stereocenters. The molecule has 16 heavy (non-hydrogen) atoms. The van der Waals surface area contributed by atoms with Gasteiger partial charge < -0.3 is 10.5 Å². The number of hydrogen-bond acceptors (Lipinski definition) is 5. The highest BCUT2D eigenvalue weighted by molar-refractivity contribution is 6.30. The normalized spacial score (nSPS) is 10.1. The van der Waals surface area contributed by atoms with E-state index in [4.69, 9.17) is 33.7 Å². The maximum Gasteiger partial charge on any atom is 0.247 e. The van der Waals surface area contributed by atoms with Gasteiger partial charge in [-0.2, -0.15) is 4.98 Å². The lowest BCUT2D eigenvalue weighted by Crippen LogP contribution is -1.97. The fourth-order valence-electron chi connectivity index (χ4n) is 0.997. The highest BCUT2D eigenvalue weighted by Crippen LogP contribution is 2.26. The molecule has 7 heteroatoms. The SMILES string of the molecule is Nc1cnc(Cl)nc1Oc1cncc(Cl)c1. The summed E-state index contributed by atoms with van der Waals surface area (Å²) >= 11 is 11.4. The number of anilines is 1. The molecule has 0 aliphatic carbocycles. The average Bonchev–Trinajstić information content (AvgIpc) is 2.24. The molecule has 0 aliphatic rings. The maximum atomic E-state index is 5.75. The predicted molar refractivity (Wildman–Crippen MR) is 60.8 cm³/mol. The van der Waals surface area contributed by atoms with Crippen molar-refractivity contribution in [2.24, 2.45) is 0 Å². The summed E-state index contributed by atoms with van der Waals surface area (Å²) in [5.74, 6) is 0.595. The first-order chi connectivity index (χ1) is 7.65. The van der Waals surface area contributed by atoms with E-state index in [2.05, 4.69) is 15.0 Å². The zero-order valence-electron chi connectivity index (χ0n) is 7.89. The zero-order chi connectivity index (χ0) is 11.5. The molecule has 2 N–H and O–H groups in total. The van der Waals surface area contributed by atoms with Crippen molar-refractivity contribution in [2.45, 2.75) is 0 Å². The van der Waals surface area contributed by atoms with Crippen molar-refractivity contribution in [3.8, 4) is 11.6 Å². The molecule has 2 aromatic heterocycles. The summed E-state index contributed by atoms with van der Waals surface area (Å²) in [6.45, 7) is 0. The fraction of sp³-hybridized carbons (Fsp3) is 0. The van der Waals surface area contributed by atoms with Gasteiger partial charge in [0.2, 0.25) is 11.2 Å².